The summed E-state index contributed by atoms with van der Waals surface area (Å²) in [6.07, 6.45) is 6.35. The fraction of sp³-hybridized carbons (Fsp3) is 0.350. The molecule has 0 aliphatic carbocycles. The van der Waals surface area contributed by atoms with Crippen molar-refractivity contribution < 1.29 is 13.9 Å². The van der Waals surface area contributed by atoms with E-state index >= 15 is 0 Å². The molecular formula is C20H22F2N4OS2. The fourth-order valence-electron chi connectivity index (χ4n) is 2.91. The number of aromatic nitrogens is 4. The Bertz CT molecular complexity index is 899. The zero-order chi connectivity index (χ0) is 20.7. The average Bonchev–Trinajstić information content (AvgIpc) is 3.23. The molecule has 3 aromatic rings. The monoisotopic (exact) mass is 436 g/mol. The van der Waals surface area contributed by atoms with Crippen molar-refractivity contribution in [3.8, 4) is 0 Å². The first-order valence-corrected chi connectivity index (χ1v) is 11.6. The number of benzene rings is 1. The minimum Gasteiger partial charge on any atom is -0.382 e. The van der Waals surface area contributed by atoms with Crippen LogP contribution in [0.25, 0.3) is 0 Å². The second-order valence-electron chi connectivity index (χ2n) is 6.63. The van der Waals surface area contributed by atoms with E-state index in [4.69, 9.17) is 0 Å². The Labute approximate surface area is 176 Å². The molecule has 2 aromatic heterocycles. The lowest BCUT2D eigenvalue weighted by atomic mass is 9.90. The minimum absolute atomic E-state index is 0.0317. The van der Waals surface area contributed by atoms with E-state index in [2.05, 4.69) is 15.1 Å². The van der Waals surface area contributed by atoms with Crippen LogP contribution in [0.4, 0.5) is 8.78 Å². The highest BCUT2D eigenvalue weighted by atomic mass is 33.1. The van der Waals surface area contributed by atoms with Crippen molar-refractivity contribution in [3.63, 3.8) is 0 Å². The van der Waals surface area contributed by atoms with E-state index in [-0.39, 0.29) is 12.1 Å². The van der Waals surface area contributed by atoms with E-state index in [0.29, 0.717) is 0 Å². The Morgan fingerprint density at radius 1 is 1.24 bits per heavy atom. The first-order chi connectivity index (χ1) is 14.0. The van der Waals surface area contributed by atoms with E-state index in [1.165, 1.54) is 28.1 Å². The number of nitrogens with zero attached hydrogens (tertiary/aromatic N) is 4. The summed E-state index contributed by atoms with van der Waals surface area (Å²) in [5, 5.41) is 15.0. The van der Waals surface area contributed by atoms with Gasteiger partial charge >= 0.3 is 0 Å². The van der Waals surface area contributed by atoms with Crippen molar-refractivity contribution in [1.82, 2.24) is 19.7 Å². The van der Waals surface area contributed by atoms with Crippen LogP contribution in [-0.2, 0) is 18.6 Å². The SMILES string of the molecule is C[C@@H](SSCCCc1ccccn1)[C@](O)(Cn1cncn1)c1cc(F)ccc1F. The topological polar surface area (TPSA) is 63.8 Å². The van der Waals surface area contributed by atoms with Gasteiger partial charge in [-0.25, -0.2) is 18.4 Å². The van der Waals surface area contributed by atoms with Crippen LogP contribution in [0.2, 0.25) is 0 Å². The molecule has 0 aliphatic rings. The number of rotatable bonds is 10. The van der Waals surface area contributed by atoms with Gasteiger partial charge in [-0.2, -0.15) is 5.10 Å². The number of aliphatic hydroxyl groups is 1. The predicted molar refractivity (Wildman–Crippen MR) is 112 cm³/mol. The summed E-state index contributed by atoms with van der Waals surface area (Å²) in [5.74, 6) is -0.406. The number of halogens is 2. The first-order valence-electron chi connectivity index (χ1n) is 9.17. The van der Waals surface area contributed by atoms with Crippen molar-refractivity contribution in [2.24, 2.45) is 0 Å². The molecule has 1 aromatic carbocycles. The second kappa shape index (κ2) is 10.2. The summed E-state index contributed by atoms with van der Waals surface area (Å²) in [6.45, 7) is 1.77. The van der Waals surface area contributed by atoms with Crippen molar-refractivity contribution in [1.29, 1.82) is 0 Å². The highest BCUT2D eigenvalue weighted by molar-refractivity contribution is 8.76. The van der Waals surface area contributed by atoms with E-state index in [1.54, 1.807) is 23.9 Å². The molecule has 0 radical (unpaired) electrons. The van der Waals surface area contributed by atoms with Crippen LogP contribution in [0.15, 0.2) is 55.2 Å². The summed E-state index contributed by atoms with van der Waals surface area (Å²) in [6, 6.07) is 8.97. The van der Waals surface area contributed by atoms with Crippen molar-refractivity contribution in [2.75, 3.05) is 5.75 Å². The Kier molecular flexibility index (Phi) is 7.63. The summed E-state index contributed by atoms with van der Waals surface area (Å²) >= 11 is 0. The molecule has 0 saturated carbocycles. The highest BCUT2D eigenvalue weighted by Gasteiger charge is 2.40. The molecule has 0 aliphatic heterocycles. The van der Waals surface area contributed by atoms with Crippen molar-refractivity contribution >= 4 is 21.6 Å². The molecule has 9 heteroatoms. The molecule has 0 saturated heterocycles. The van der Waals surface area contributed by atoms with Crippen LogP contribution >= 0.6 is 21.6 Å². The molecule has 3 rings (SSSR count). The standard InChI is InChI=1S/C20H22F2N4OS2/c1-15(29-28-10-4-6-17-5-2-3-9-24-17)20(27,12-26-14-23-13-25-26)18-11-16(21)7-8-19(18)22/h2-3,5,7-9,11,13-15,27H,4,6,10,12H2,1H3/t15-,20-/m1/s1. The van der Waals surface area contributed by atoms with E-state index in [9.17, 15) is 13.9 Å². The maximum Gasteiger partial charge on any atom is 0.137 e. The molecule has 0 bridgehead atoms. The lowest BCUT2D eigenvalue weighted by molar-refractivity contribution is 0.0135. The van der Waals surface area contributed by atoms with Gasteiger partial charge < -0.3 is 5.11 Å². The smallest absolute Gasteiger partial charge is 0.137 e. The molecule has 5 nitrogen and oxygen atoms in total. The van der Waals surface area contributed by atoms with Crippen LogP contribution in [0.3, 0.4) is 0 Å². The van der Waals surface area contributed by atoms with Gasteiger partial charge in [-0.3, -0.25) is 4.98 Å². The summed E-state index contributed by atoms with van der Waals surface area (Å²) in [5.41, 5.74) is -0.698. The third-order valence-corrected chi connectivity index (χ3v) is 7.58. The average molecular weight is 437 g/mol. The zero-order valence-electron chi connectivity index (χ0n) is 15.9. The third kappa shape index (κ3) is 5.77. The first kappa shape index (κ1) is 21.7. The van der Waals surface area contributed by atoms with Crippen LogP contribution in [0.5, 0.6) is 0 Å². The van der Waals surface area contributed by atoms with Gasteiger partial charge in [0.2, 0.25) is 0 Å². The molecule has 0 unspecified atom stereocenters. The number of hydrogen-bond donors (Lipinski definition) is 1. The zero-order valence-corrected chi connectivity index (χ0v) is 17.5. The number of pyridine rings is 1. The van der Waals surface area contributed by atoms with Crippen LogP contribution in [0, 0.1) is 11.6 Å². The number of aryl methyl sites for hydroxylation is 1. The minimum atomic E-state index is -1.65. The molecule has 0 fully saturated rings. The molecule has 1 N–H and O–H groups in total. The van der Waals surface area contributed by atoms with Crippen molar-refractivity contribution in [2.45, 2.75) is 37.2 Å². The van der Waals surface area contributed by atoms with Gasteiger partial charge in [0.05, 0.1) is 6.54 Å². The largest absolute Gasteiger partial charge is 0.382 e. The van der Waals surface area contributed by atoms with Gasteiger partial charge in [0.1, 0.15) is 29.9 Å². The number of hydrogen-bond acceptors (Lipinski definition) is 6. The Hall–Kier alpha value is -1.97. The van der Waals surface area contributed by atoms with E-state index in [0.717, 1.165) is 42.5 Å². The predicted octanol–water partition coefficient (Wildman–Crippen LogP) is 4.24. The Morgan fingerprint density at radius 3 is 2.83 bits per heavy atom. The quantitative estimate of drug-likeness (QED) is 0.379. The summed E-state index contributed by atoms with van der Waals surface area (Å²) in [7, 11) is 3.04. The van der Waals surface area contributed by atoms with Gasteiger partial charge in [-0.1, -0.05) is 27.7 Å². The van der Waals surface area contributed by atoms with Crippen molar-refractivity contribution in [3.05, 3.63) is 78.1 Å². The molecule has 0 amide bonds. The Balaban J connectivity index is 1.66. The van der Waals surface area contributed by atoms with Gasteiger partial charge in [0, 0.05) is 28.5 Å². The maximum atomic E-state index is 14.5. The van der Waals surface area contributed by atoms with E-state index < -0.39 is 22.5 Å². The van der Waals surface area contributed by atoms with Gasteiger partial charge in [-0.15, -0.1) is 0 Å². The molecule has 154 valence electrons. The molecule has 2 atom stereocenters. The molecule has 2 heterocycles. The van der Waals surface area contributed by atoms with Gasteiger partial charge in [0.25, 0.3) is 0 Å². The second-order valence-corrected chi connectivity index (χ2v) is 9.45. The maximum absolute atomic E-state index is 14.5. The van der Waals surface area contributed by atoms with E-state index in [1.807, 2.05) is 18.2 Å². The molecular weight excluding hydrogens is 414 g/mol. The van der Waals surface area contributed by atoms with Crippen LogP contribution in [-0.4, -0.2) is 35.9 Å². The van der Waals surface area contributed by atoms with Gasteiger partial charge in [-0.05, 0) is 50.1 Å². The lowest BCUT2D eigenvalue weighted by Gasteiger charge is -2.34. The van der Waals surface area contributed by atoms with Crippen LogP contribution in [0.1, 0.15) is 24.6 Å². The van der Waals surface area contributed by atoms with Crippen LogP contribution < -0.4 is 0 Å². The summed E-state index contributed by atoms with van der Waals surface area (Å²) in [4.78, 5) is 8.17. The normalized spacial score (nSPS) is 14.5. The van der Waals surface area contributed by atoms with Gasteiger partial charge in [0.15, 0.2) is 0 Å². The fourth-order valence-corrected chi connectivity index (χ4v) is 5.57. The summed E-state index contributed by atoms with van der Waals surface area (Å²) < 4.78 is 29.7. The highest BCUT2D eigenvalue weighted by Crippen LogP contribution is 2.41. The lowest BCUT2D eigenvalue weighted by Crippen LogP contribution is -2.41. The molecule has 0 spiro atoms. The Morgan fingerprint density at radius 2 is 2.10 bits per heavy atom. The molecule has 29 heavy (non-hydrogen) atoms. The third-order valence-electron chi connectivity index (χ3n) is 4.54.